The van der Waals surface area contributed by atoms with Gasteiger partial charge in [0, 0.05) is 17.3 Å². The van der Waals surface area contributed by atoms with Gasteiger partial charge in [-0.2, -0.15) is 0 Å². The van der Waals surface area contributed by atoms with Crippen LogP contribution < -0.4 is 4.74 Å². The molecule has 0 amide bonds. The molecule has 0 fully saturated rings. The molecule has 0 saturated carbocycles. The molecule has 5 nitrogen and oxygen atoms in total. The summed E-state index contributed by atoms with van der Waals surface area (Å²) in [6.07, 6.45) is 2.27. The van der Waals surface area contributed by atoms with E-state index in [9.17, 15) is 4.79 Å². The minimum absolute atomic E-state index is 0.211. The van der Waals surface area contributed by atoms with Crippen molar-refractivity contribution in [3.8, 4) is 17.1 Å². The molecule has 5 heteroatoms. The van der Waals surface area contributed by atoms with E-state index < -0.39 is 5.97 Å². The van der Waals surface area contributed by atoms with Crippen LogP contribution in [0.5, 0.6) is 5.88 Å². The Morgan fingerprint density at radius 1 is 1.40 bits per heavy atom. The summed E-state index contributed by atoms with van der Waals surface area (Å²) in [4.78, 5) is 19.7. The number of aromatic nitrogens is 2. The summed E-state index contributed by atoms with van der Waals surface area (Å²) in [6, 6.07) is 4.98. The molecule has 0 aliphatic rings. The average Bonchev–Trinajstić information content (AvgIpc) is 2.46. The first-order valence-electron chi connectivity index (χ1n) is 6.31. The summed E-state index contributed by atoms with van der Waals surface area (Å²) >= 11 is 0. The zero-order chi connectivity index (χ0) is 14.7. The number of carboxylic acids is 1. The molecule has 2 heterocycles. The molecule has 2 rings (SSSR count). The molecule has 0 bridgehead atoms. The van der Waals surface area contributed by atoms with Crippen LogP contribution in [0.25, 0.3) is 11.3 Å². The number of carbonyl (C=O) groups is 1. The first kappa shape index (κ1) is 14.0. The van der Waals surface area contributed by atoms with E-state index in [0.29, 0.717) is 11.6 Å². The zero-order valence-corrected chi connectivity index (χ0v) is 11.7. The molecule has 0 radical (unpaired) electrons. The topological polar surface area (TPSA) is 72.3 Å². The van der Waals surface area contributed by atoms with Crippen molar-refractivity contribution in [2.45, 2.75) is 20.3 Å². The van der Waals surface area contributed by atoms with Gasteiger partial charge in [-0.3, -0.25) is 4.98 Å². The monoisotopic (exact) mass is 272 g/mol. The maximum atomic E-state index is 11.0. The van der Waals surface area contributed by atoms with E-state index in [1.807, 2.05) is 19.9 Å². The molecule has 20 heavy (non-hydrogen) atoms. The maximum absolute atomic E-state index is 11.0. The van der Waals surface area contributed by atoms with Crippen LogP contribution in [-0.4, -0.2) is 28.2 Å². The molecule has 0 aliphatic carbocycles. The number of hydrogen-bond acceptors (Lipinski definition) is 4. The predicted molar refractivity (Wildman–Crippen MR) is 75.1 cm³/mol. The van der Waals surface area contributed by atoms with Crippen LogP contribution in [0.3, 0.4) is 0 Å². The van der Waals surface area contributed by atoms with E-state index in [-0.39, 0.29) is 5.56 Å². The van der Waals surface area contributed by atoms with Gasteiger partial charge in [0.05, 0.1) is 24.1 Å². The highest BCUT2D eigenvalue weighted by Gasteiger charge is 2.12. The molecule has 2 aromatic heterocycles. The van der Waals surface area contributed by atoms with Gasteiger partial charge in [-0.15, -0.1) is 0 Å². The third-order valence-corrected chi connectivity index (χ3v) is 3.11. The summed E-state index contributed by atoms with van der Waals surface area (Å²) in [6.45, 7) is 3.87. The van der Waals surface area contributed by atoms with Crippen molar-refractivity contribution in [2.24, 2.45) is 0 Å². The van der Waals surface area contributed by atoms with Crippen molar-refractivity contribution in [3.05, 3.63) is 41.2 Å². The van der Waals surface area contributed by atoms with Crippen LogP contribution in [0.15, 0.2) is 24.4 Å². The fourth-order valence-corrected chi connectivity index (χ4v) is 2.02. The highest BCUT2D eigenvalue weighted by atomic mass is 16.5. The van der Waals surface area contributed by atoms with Gasteiger partial charge in [0.15, 0.2) is 0 Å². The standard InChI is InChI=1S/C15H16N2O3/c1-4-10-7-12(9(2)17-14(10)20-3)13-8-11(15(18)19)5-6-16-13/h5-8H,4H2,1-3H3,(H,18,19). The van der Waals surface area contributed by atoms with Gasteiger partial charge in [0.1, 0.15) is 0 Å². The first-order valence-corrected chi connectivity index (χ1v) is 6.31. The lowest BCUT2D eigenvalue weighted by Crippen LogP contribution is -2.01. The lowest BCUT2D eigenvalue weighted by molar-refractivity contribution is 0.0697. The average molecular weight is 272 g/mol. The number of aromatic carboxylic acids is 1. The number of carboxylic acid groups (broad SMARTS) is 1. The zero-order valence-electron chi connectivity index (χ0n) is 11.7. The molecular formula is C15H16N2O3. The van der Waals surface area contributed by atoms with Crippen LogP contribution in [-0.2, 0) is 6.42 Å². The Morgan fingerprint density at radius 3 is 2.75 bits per heavy atom. The Kier molecular flexibility index (Phi) is 3.98. The Bertz CT molecular complexity index is 654. The van der Waals surface area contributed by atoms with Gasteiger partial charge < -0.3 is 9.84 Å². The smallest absolute Gasteiger partial charge is 0.335 e. The van der Waals surface area contributed by atoms with Crippen molar-refractivity contribution in [3.63, 3.8) is 0 Å². The Morgan fingerprint density at radius 2 is 2.15 bits per heavy atom. The van der Waals surface area contributed by atoms with Gasteiger partial charge in [0.25, 0.3) is 0 Å². The lowest BCUT2D eigenvalue weighted by Gasteiger charge is -2.11. The van der Waals surface area contributed by atoms with Crippen LogP contribution in [0.1, 0.15) is 28.5 Å². The Labute approximate surface area is 117 Å². The fraction of sp³-hybridized carbons (Fsp3) is 0.267. The fourth-order valence-electron chi connectivity index (χ4n) is 2.02. The van der Waals surface area contributed by atoms with Gasteiger partial charge in [0.2, 0.25) is 5.88 Å². The van der Waals surface area contributed by atoms with E-state index in [1.165, 1.54) is 12.3 Å². The predicted octanol–water partition coefficient (Wildman–Crippen LogP) is 2.72. The molecule has 0 aliphatic heterocycles. The third kappa shape index (κ3) is 2.61. The van der Waals surface area contributed by atoms with Crippen LogP contribution in [0.4, 0.5) is 0 Å². The van der Waals surface area contributed by atoms with Crippen LogP contribution in [0.2, 0.25) is 0 Å². The van der Waals surface area contributed by atoms with Crippen molar-refractivity contribution < 1.29 is 14.6 Å². The number of hydrogen-bond donors (Lipinski definition) is 1. The largest absolute Gasteiger partial charge is 0.481 e. The summed E-state index contributed by atoms with van der Waals surface area (Å²) in [5.41, 5.74) is 3.37. The minimum Gasteiger partial charge on any atom is -0.481 e. The normalized spacial score (nSPS) is 10.3. The van der Waals surface area contributed by atoms with E-state index in [2.05, 4.69) is 9.97 Å². The van der Waals surface area contributed by atoms with Crippen molar-refractivity contribution >= 4 is 5.97 Å². The van der Waals surface area contributed by atoms with Crippen LogP contribution >= 0.6 is 0 Å². The summed E-state index contributed by atoms with van der Waals surface area (Å²) in [7, 11) is 1.59. The number of rotatable bonds is 4. The van der Waals surface area contributed by atoms with Gasteiger partial charge >= 0.3 is 5.97 Å². The molecular weight excluding hydrogens is 256 g/mol. The summed E-state index contributed by atoms with van der Waals surface area (Å²) in [5, 5.41) is 9.05. The number of pyridine rings is 2. The first-order chi connectivity index (χ1) is 9.56. The van der Waals surface area contributed by atoms with E-state index >= 15 is 0 Å². The van der Waals surface area contributed by atoms with E-state index in [0.717, 1.165) is 23.2 Å². The molecule has 0 saturated heterocycles. The molecule has 0 atom stereocenters. The summed E-state index contributed by atoms with van der Waals surface area (Å²) < 4.78 is 5.24. The quantitative estimate of drug-likeness (QED) is 0.926. The van der Waals surface area contributed by atoms with Gasteiger partial charge in [-0.25, -0.2) is 9.78 Å². The maximum Gasteiger partial charge on any atom is 0.335 e. The van der Waals surface area contributed by atoms with E-state index in [1.54, 1.807) is 13.2 Å². The van der Waals surface area contributed by atoms with E-state index in [4.69, 9.17) is 9.84 Å². The SMILES string of the molecule is CCc1cc(-c2cc(C(=O)O)ccn2)c(C)nc1OC. The molecule has 0 aromatic carbocycles. The minimum atomic E-state index is -0.969. The second-order valence-electron chi connectivity index (χ2n) is 4.38. The second kappa shape index (κ2) is 5.69. The molecule has 104 valence electrons. The summed E-state index contributed by atoms with van der Waals surface area (Å²) in [5.74, 6) is -0.369. The Balaban J connectivity index is 2.57. The third-order valence-electron chi connectivity index (χ3n) is 3.11. The number of ether oxygens (including phenoxy) is 1. The van der Waals surface area contributed by atoms with Crippen LogP contribution in [0, 0.1) is 6.92 Å². The number of nitrogens with zero attached hydrogens (tertiary/aromatic N) is 2. The van der Waals surface area contributed by atoms with Crippen molar-refractivity contribution in [2.75, 3.05) is 7.11 Å². The van der Waals surface area contributed by atoms with Gasteiger partial charge in [-0.05, 0) is 31.5 Å². The lowest BCUT2D eigenvalue weighted by atomic mass is 10.0. The Hall–Kier alpha value is -2.43. The van der Waals surface area contributed by atoms with Crippen molar-refractivity contribution in [1.29, 1.82) is 0 Å². The molecule has 0 spiro atoms. The molecule has 1 N–H and O–H groups in total. The second-order valence-corrected chi connectivity index (χ2v) is 4.38. The highest BCUT2D eigenvalue weighted by molar-refractivity contribution is 5.88. The number of aryl methyl sites for hydroxylation is 2. The number of methoxy groups -OCH3 is 1. The molecule has 0 unspecified atom stereocenters. The highest BCUT2D eigenvalue weighted by Crippen LogP contribution is 2.27. The van der Waals surface area contributed by atoms with Gasteiger partial charge in [-0.1, -0.05) is 6.92 Å². The molecule has 2 aromatic rings. The van der Waals surface area contributed by atoms with Crippen molar-refractivity contribution in [1.82, 2.24) is 9.97 Å².